The van der Waals surface area contributed by atoms with Gasteiger partial charge in [-0.3, -0.25) is 0 Å². The van der Waals surface area contributed by atoms with Crippen molar-refractivity contribution in [3.05, 3.63) is 56.2 Å². The van der Waals surface area contributed by atoms with Gasteiger partial charge < -0.3 is 5.11 Å². The zero-order chi connectivity index (χ0) is 15.5. The molecule has 1 heterocycles. The van der Waals surface area contributed by atoms with Crippen molar-refractivity contribution in [2.24, 2.45) is 0 Å². The summed E-state index contributed by atoms with van der Waals surface area (Å²) in [6, 6.07) is 7.65. The molecule has 1 aromatic heterocycles. The Morgan fingerprint density at radius 3 is 2.48 bits per heavy atom. The van der Waals surface area contributed by atoms with E-state index in [1.807, 2.05) is 11.4 Å². The largest absolute Gasteiger partial charge is 0.478 e. The zero-order valence-electron chi connectivity index (χ0n) is 10.7. The first kappa shape index (κ1) is 16.2. The number of rotatable bonds is 6. The Labute approximate surface area is 134 Å². The van der Waals surface area contributed by atoms with Gasteiger partial charge in [0.2, 0.25) is 10.0 Å². The van der Waals surface area contributed by atoms with Gasteiger partial charge in [0, 0.05) is 21.3 Å². The molecule has 112 valence electrons. The maximum Gasteiger partial charge on any atom is 0.335 e. The van der Waals surface area contributed by atoms with Crippen LogP contribution in [0.5, 0.6) is 0 Å². The molecule has 0 amide bonds. The highest BCUT2D eigenvalue weighted by Gasteiger charge is 2.12. The number of thiophene rings is 1. The van der Waals surface area contributed by atoms with Crippen LogP contribution in [-0.2, 0) is 22.3 Å². The quantitative estimate of drug-likeness (QED) is 0.795. The lowest BCUT2D eigenvalue weighted by molar-refractivity contribution is 0.0697. The van der Waals surface area contributed by atoms with Gasteiger partial charge in [0.25, 0.3) is 0 Å². The Hall–Kier alpha value is -1.22. The molecule has 5 nitrogen and oxygen atoms in total. The van der Waals surface area contributed by atoms with Crippen LogP contribution in [0.15, 0.2) is 40.2 Å². The van der Waals surface area contributed by atoms with Crippen LogP contribution in [0.4, 0.5) is 0 Å². The molecular weight excluding hydrogens is 378 g/mol. The number of carbonyl (C=O) groups is 1. The van der Waals surface area contributed by atoms with Crippen molar-refractivity contribution < 1.29 is 18.3 Å². The van der Waals surface area contributed by atoms with E-state index >= 15 is 0 Å². The van der Waals surface area contributed by atoms with E-state index in [0.29, 0.717) is 5.56 Å². The van der Waals surface area contributed by atoms with Gasteiger partial charge in [-0.15, -0.1) is 11.3 Å². The topological polar surface area (TPSA) is 83.5 Å². The van der Waals surface area contributed by atoms with Crippen LogP contribution in [0.2, 0.25) is 0 Å². The second-order valence-electron chi connectivity index (χ2n) is 4.31. The molecule has 0 atom stereocenters. The Bertz CT molecular complexity index is 738. The molecule has 8 heteroatoms. The molecule has 0 aliphatic carbocycles. The molecule has 0 saturated heterocycles. The predicted octanol–water partition coefficient (Wildman–Crippen LogP) is 2.83. The maximum absolute atomic E-state index is 12.0. The monoisotopic (exact) mass is 389 g/mol. The lowest BCUT2D eigenvalue weighted by Gasteiger charge is -2.06. The van der Waals surface area contributed by atoms with Gasteiger partial charge in [0.05, 0.1) is 11.3 Å². The molecule has 2 N–H and O–H groups in total. The minimum Gasteiger partial charge on any atom is -0.478 e. The van der Waals surface area contributed by atoms with E-state index in [4.69, 9.17) is 5.11 Å². The van der Waals surface area contributed by atoms with E-state index in [1.165, 1.54) is 35.6 Å². The van der Waals surface area contributed by atoms with E-state index in [0.717, 1.165) is 9.35 Å². The van der Waals surface area contributed by atoms with Gasteiger partial charge in [-0.05, 0) is 39.7 Å². The molecule has 0 saturated carbocycles. The molecular formula is C13H12BrNO4S2. The van der Waals surface area contributed by atoms with Gasteiger partial charge in [-0.1, -0.05) is 12.1 Å². The van der Waals surface area contributed by atoms with Crippen molar-refractivity contribution >= 4 is 43.3 Å². The fourth-order valence-corrected chi connectivity index (χ4v) is 4.23. The molecule has 0 unspecified atom stereocenters. The summed E-state index contributed by atoms with van der Waals surface area (Å²) >= 11 is 4.77. The molecule has 0 spiro atoms. The van der Waals surface area contributed by atoms with Crippen molar-refractivity contribution in [3.8, 4) is 0 Å². The van der Waals surface area contributed by atoms with Crippen LogP contribution < -0.4 is 4.72 Å². The summed E-state index contributed by atoms with van der Waals surface area (Å²) in [4.78, 5) is 11.6. The molecule has 2 rings (SSSR count). The smallest absolute Gasteiger partial charge is 0.335 e. The molecule has 0 fully saturated rings. The predicted molar refractivity (Wildman–Crippen MR) is 84.9 cm³/mol. The maximum atomic E-state index is 12.0. The Morgan fingerprint density at radius 2 is 1.95 bits per heavy atom. The number of carboxylic acids is 1. The van der Waals surface area contributed by atoms with E-state index in [9.17, 15) is 13.2 Å². The lowest BCUT2D eigenvalue weighted by Crippen LogP contribution is -2.24. The van der Waals surface area contributed by atoms with Gasteiger partial charge in [0.15, 0.2) is 0 Å². The summed E-state index contributed by atoms with van der Waals surface area (Å²) in [6.45, 7) is 0.242. The van der Waals surface area contributed by atoms with Crippen molar-refractivity contribution in [3.63, 3.8) is 0 Å². The van der Waals surface area contributed by atoms with Crippen LogP contribution in [0, 0.1) is 0 Å². The molecule has 1 aromatic carbocycles. The Balaban J connectivity index is 1.98. The van der Waals surface area contributed by atoms with E-state index in [2.05, 4.69) is 20.7 Å². The van der Waals surface area contributed by atoms with Crippen molar-refractivity contribution in [2.45, 2.75) is 12.3 Å². The second-order valence-corrected chi connectivity index (χ2v) is 8.03. The number of halogens is 1. The number of sulfonamides is 1. The molecule has 0 radical (unpaired) electrons. The highest BCUT2D eigenvalue weighted by Crippen LogP contribution is 2.19. The van der Waals surface area contributed by atoms with Gasteiger partial charge in [0.1, 0.15) is 0 Å². The fourth-order valence-electron chi connectivity index (χ4n) is 1.64. The summed E-state index contributed by atoms with van der Waals surface area (Å²) in [5.74, 6) is -1.22. The van der Waals surface area contributed by atoms with Gasteiger partial charge in [-0.25, -0.2) is 17.9 Å². The van der Waals surface area contributed by atoms with Gasteiger partial charge >= 0.3 is 5.97 Å². The normalized spacial score (nSPS) is 11.5. The summed E-state index contributed by atoms with van der Waals surface area (Å²) in [5.41, 5.74) is 0.674. The zero-order valence-corrected chi connectivity index (χ0v) is 14.0. The van der Waals surface area contributed by atoms with E-state index in [1.54, 1.807) is 0 Å². The SMILES string of the molecule is O=C(O)c1ccc(CS(=O)(=O)NCc2cc(Br)cs2)cc1. The first-order valence-corrected chi connectivity index (χ1v) is 9.21. The molecule has 2 aromatic rings. The van der Waals surface area contributed by atoms with Crippen molar-refractivity contribution in [2.75, 3.05) is 0 Å². The van der Waals surface area contributed by atoms with Crippen LogP contribution in [0.25, 0.3) is 0 Å². The second kappa shape index (κ2) is 6.69. The van der Waals surface area contributed by atoms with Crippen LogP contribution in [-0.4, -0.2) is 19.5 Å². The number of hydrogen-bond acceptors (Lipinski definition) is 4. The molecule has 0 bridgehead atoms. The molecule has 0 aliphatic rings. The van der Waals surface area contributed by atoms with Crippen molar-refractivity contribution in [1.29, 1.82) is 0 Å². The lowest BCUT2D eigenvalue weighted by atomic mass is 10.1. The summed E-state index contributed by atoms with van der Waals surface area (Å²) in [6.07, 6.45) is 0. The standard InChI is InChI=1S/C13H12BrNO4S2/c14-11-5-12(20-7-11)6-15-21(18,19)8-9-1-3-10(4-2-9)13(16)17/h1-5,7,15H,6,8H2,(H,16,17). The Kier molecular flexibility index (Phi) is 5.15. The van der Waals surface area contributed by atoms with Crippen molar-refractivity contribution in [1.82, 2.24) is 4.72 Å². The average molecular weight is 390 g/mol. The van der Waals surface area contributed by atoms with Gasteiger partial charge in [-0.2, -0.15) is 0 Å². The highest BCUT2D eigenvalue weighted by atomic mass is 79.9. The first-order chi connectivity index (χ1) is 9.85. The number of carboxylic acid groups (broad SMARTS) is 1. The third-order valence-corrected chi connectivity index (χ3v) is 5.64. The van der Waals surface area contributed by atoms with Crippen LogP contribution in [0.1, 0.15) is 20.8 Å². The number of aromatic carboxylic acids is 1. The average Bonchev–Trinajstić information content (AvgIpc) is 2.83. The number of nitrogens with one attached hydrogen (secondary N) is 1. The number of hydrogen-bond donors (Lipinski definition) is 2. The molecule has 0 aliphatic heterocycles. The van der Waals surface area contributed by atoms with Crippen LogP contribution >= 0.6 is 27.3 Å². The first-order valence-electron chi connectivity index (χ1n) is 5.88. The third kappa shape index (κ3) is 4.92. The molecule has 21 heavy (non-hydrogen) atoms. The van der Waals surface area contributed by atoms with Crippen LogP contribution in [0.3, 0.4) is 0 Å². The minimum atomic E-state index is -3.46. The van der Waals surface area contributed by atoms with E-state index < -0.39 is 16.0 Å². The summed E-state index contributed by atoms with van der Waals surface area (Å²) in [5, 5.41) is 10.7. The fraction of sp³-hybridized carbons (Fsp3) is 0.154. The summed E-state index contributed by atoms with van der Waals surface area (Å²) < 4.78 is 27.4. The summed E-state index contributed by atoms with van der Waals surface area (Å²) in [7, 11) is -3.46. The van der Waals surface area contributed by atoms with E-state index in [-0.39, 0.29) is 17.9 Å². The third-order valence-electron chi connectivity index (χ3n) is 2.65. The highest BCUT2D eigenvalue weighted by molar-refractivity contribution is 9.10. The Morgan fingerprint density at radius 1 is 1.29 bits per heavy atom. The minimum absolute atomic E-state index is 0.132. The number of benzene rings is 1.